The van der Waals surface area contributed by atoms with Gasteiger partial charge in [0.15, 0.2) is 0 Å². The molecule has 0 saturated heterocycles. The van der Waals surface area contributed by atoms with E-state index in [0.29, 0.717) is 30.2 Å². The molecule has 2 aliphatic carbocycles. The minimum Gasteiger partial charge on any atom is -0.376 e. The molecule has 0 aliphatic heterocycles. The monoisotopic (exact) mass is 420 g/mol. The van der Waals surface area contributed by atoms with Crippen molar-refractivity contribution >= 4 is 16.7 Å². The average molecular weight is 421 g/mol. The number of carbonyl (C=O) groups excluding carboxylic acids is 1. The number of nitrogens with zero attached hydrogens (tertiary/aromatic N) is 1. The van der Waals surface area contributed by atoms with Gasteiger partial charge in [-0.2, -0.15) is 0 Å². The predicted molar refractivity (Wildman–Crippen MR) is 117 cm³/mol. The van der Waals surface area contributed by atoms with Gasteiger partial charge in [0, 0.05) is 30.3 Å². The second-order valence-corrected chi connectivity index (χ2v) is 10.4. The summed E-state index contributed by atoms with van der Waals surface area (Å²) in [7, 11) is 0.988. The largest absolute Gasteiger partial charge is 0.376 e. The van der Waals surface area contributed by atoms with Gasteiger partial charge in [0.2, 0.25) is 5.91 Å². The summed E-state index contributed by atoms with van der Waals surface area (Å²) in [5.74, 6) is 1.58. The van der Waals surface area contributed by atoms with Crippen molar-refractivity contribution in [3.05, 3.63) is 29.8 Å². The first-order valence-electron chi connectivity index (χ1n) is 11.1. The topological polar surface area (TPSA) is 72.6 Å². The van der Waals surface area contributed by atoms with E-state index in [4.69, 9.17) is 10.5 Å². The molecule has 2 N–H and O–H groups in total. The zero-order valence-corrected chi connectivity index (χ0v) is 18.7. The maximum Gasteiger partial charge on any atom is 0.239 e. The highest BCUT2D eigenvalue weighted by Crippen LogP contribution is 2.32. The van der Waals surface area contributed by atoms with Gasteiger partial charge in [-0.15, -0.1) is 0 Å². The third-order valence-corrected chi connectivity index (χ3v) is 8.00. The van der Waals surface area contributed by atoms with Gasteiger partial charge >= 0.3 is 0 Å². The fourth-order valence-electron chi connectivity index (χ4n) is 4.39. The fraction of sp³-hybridized carbons (Fsp3) is 0.696. The molecule has 0 radical (unpaired) electrons. The van der Waals surface area contributed by atoms with Gasteiger partial charge in [-0.3, -0.25) is 9.00 Å². The molecule has 2 atom stereocenters. The van der Waals surface area contributed by atoms with E-state index in [0.717, 1.165) is 55.6 Å². The molecular formula is C23H36N2O3S. The molecule has 0 bridgehead atoms. The summed E-state index contributed by atoms with van der Waals surface area (Å²) in [4.78, 5) is 15.4. The van der Waals surface area contributed by atoms with Gasteiger partial charge in [-0.1, -0.05) is 19.1 Å². The second-order valence-electron chi connectivity index (χ2n) is 8.64. The number of ether oxygens (including phenoxy) is 1. The molecule has 3 rings (SSSR count). The van der Waals surface area contributed by atoms with Gasteiger partial charge < -0.3 is 15.4 Å². The number of hydrogen-bond donors (Lipinski definition) is 1. The van der Waals surface area contributed by atoms with Crippen molar-refractivity contribution in [1.82, 2.24) is 4.90 Å². The molecule has 2 fully saturated rings. The van der Waals surface area contributed by atoms with Gasteiger partial charge in [-0.25, -0.2) is 0 Å². The molecule has 1 aromatic rings. The lowest BCUT2D eigenvalue weighted by atomic mass is 9.78. The molecule has 1 amide bonds. The standard InChI is InChI=1S/C23H36N2O3S/c1-3-29(27)21-9-4-6-18(14-21)16-28-15-17-10-12-19(13-11-17)22(24)23(26)25(2)20-7-5-8-20/h4,6,9,14,17,19-20,22H,3,5,7-8,10-13,15-16,24H2,1-2H3/t17?,19?,22-,29?/m0/s1. The molecule has 6 heteroatoms. The van der Waals surface area contributed by atoms with E-state index in [-0.39, 0.29) is 11.9 Å². The van der Waals surface area contributed by atoms with Gasteiger partial charge in [0.25, 0.3) is 0 Å². The number of carbonyl (C=O) groups is 1. The number of benzene rings is 1. The van der Waals surface area contributed by atoms with Crippen LogP contribution in [0, 0.1) is 11.8 Å². The van der Waals surface area contributed by atoms with E-state index in [1.165, 1.54) is 6.42 Å². The summed E-state index contributed by atoms with van der Waals surface area (Å²) >= 11 is 0. The molecule has 0 aromatic heterocycles. The molecule has 29 heavy (non-hydrogen) atoms. The van der Waals surface area contributed by atoms with E-state index in [1.807, 2.05) is 43.1 Å². The Morgan fingerprint density at radius 2 is 1.97 bits per heavy atom. The summed E-state index contributed by atoms with van der Waals surface area (Å²) in [5, 5.41) is 0. The highest BCUT2D eigenvalue weighted by Gasteiger charge is 2.34. The fourth-order valence-corrected chi connectivity index (χ4v) is 5.24. The quantitative estimate of drug-likeness (QED) is 0.664. The highest BCUT2D eigenvalue weighted by atomic mass is 32.2. The van der Waals surface area contributed by atoms with E-state index in [9.17, 15) is 9.00 Å². The van der Waals surface area contributed by atoms with Crippen molar-refractivity contribution in [3.63, 3.8) is 0 Å². The van der Waals surface area contributed by atoms with Crippen molar-refractivity contribution in [2.45, 2.75) is 75.5 Å². The van der Waals surface area contributed by atoms with Crippen molar-refractivity contribution < 1.29 is 13.7 Å². The number of likely N-dealkylation sites (N-methyl/N-ethyl adjacent to an activating group) is 1. The lowest BCUT2D eigenvalue weighted by Crippen LogP contribution is -2.52. The van der Waals surface area contributed by atoms with Crippen LogP contribution in [0.5, 0.6) is 0 Å². The minimum absolute atomic E-state index is 0.124. The number of rotatable bonds is 9. The Morgan fingerprint density at radius 1 is 1.24 bits per heavy atom. The highest BCUT2D eigenvalue weighted by molar-refractivity contribution is 7.85. The lowest BCUT2D eigenvalue weighted by molar-refractivity contribution is -0.136. The Morgan fingerprint density at radius 3 is 2.59 bits per heavy atom. The van der Waals surface area contributed by atoms with Crippen LogP contribution >= 0.6 is 0 Å². The molecule has 0 heterocycles. The summed E-state index contributed by atoms with van der Waals surface area (Å²) < 4.78 is 17.9. The van der Waals surface area contributed by atoms with Crippen LogP contribution in [0.15, 0.2) is 29.2 Å². The van der Waals surface area contributed by atoms with Crippen LogP contribution in [0.3, 0.4) is 0 Å². The summed E-state index contributed by atoms with van der Waals surface area (Å²) in [6, 6.07) is 7.93. The Balaban J connectivity index is 1.38. The molecule has 2 saturated carbocycles. The molecule has 5 nitrogen and oxygen atoms in total. The second kappa shape index (κ2) is 10.7. The van der Waals surface area contributed by atoms with Crippen LogP contribution in [0.25, 0.3) is 0 Å². The zero-order chi connectivity index (χ0) is 20.8. The predicted octanol–water partition coefficient (Wildman–Crippen LogP) is 3.48. The lowest BCUT2D eigenvalue weighted by Gasteiger charge is -2.38. The SMILES string of the molecule is CCS(=O)c1cccc(COCC2CCC([C@H](N)C(=O)N(C)C3CCC3)CC2)c1. The molecule has 1 aromatic carbocycles. The van der Waals surface area contributed by atoms with Crippen molar-refractivity contribution in [3.8, 4) is 0 Å². The van der Waals surface area contributed by atoms with Crippen LogP contribution in [0.1, 0.15) is 57.4 Å². The van der Waals surface area contributed by atoms with E-state index < -0.39 is 10.8 Å². The van der Waals surface area contributed by atoms with Crippen LogP contribution in [0.4, 0.5) is 0 Å². The van der Waals surface area contributed by atoms with Crippen molar-refractivity contribution in [2.24, 2.45) is 17.6 Å². The van der Waals surface area contributed by atoms with Gasteiger partial charge in [0.1, 0.15) is 0 Å². The van der Waals surface area contributed by atoms with Crippen molar-refractivity contribution in [2.75, 3.05) is 19.4 Å². The van der Waals surface area contributed by atoms with Crippen LogP contribution in [0.2, 0.25) is 0 Å². The first kappa shape index (κ1) is 22.4. The summed E-state index contributed by atoms with van der Waals surface area (Å²) in [5.41, 5.74) is 7.41. The summed E-state index contributed by atoms with van der Waals surface area (Å²) in [6.45, 7) is 3.22. The smallest absolute Gasteiger partial charge is 0.239 e. The summed E-state index contributed by atoms with van der Waals surface area (Å²) in [6.07, 6.45) is 7.61. The number of amides is 1. The first-order chi connectivity index (χ1) is 14.0. The molecular weight excluding hydrogens is 384 g/mol. The van der Waals surface area contributed by atoms with Crippen LogP contribution in [-0.4, -0.2) is 46.5 Å². The van der Waals surface area contributed by atoms with E-state index >= 15 is 0 Å². The van der Waals surface area contributed by atoms with Crippen LogP contribution < -0.4 is 5.73 Å². The first-order valence-corrected chi connectivity index (χ1v) is 12.4. The average Bonchev–Trinajstić information content (AvgIpc) is 2.71. The third kappa shape index (κ3) is 5.89. The Hall–Kier alpha value is -1.24. The van der Waals surface area contributed by atoms with Crippen LogP contribution in [-0.2, 0) is 26.9 Å². The molecule has 2 aliphatic rings. The maximum atomic E-state index is 12.6. The van der Waals surface area contributed by atoms with Crippen molar-refractivity contribution in [1.29, 1.82) is 0 Å². The molecule has 0 spiro atoms. The third-order valence-electron chi connectivity index (χ3n) is 6.70. The number of hydrogen-bond acceptors (Lipinski definition) is 4. The molecule has 162 valence electrons. The normalized spacial score (nSPS) is 24.5. The Labute approximate surface area is 177 Å². The van der Waals surface area contributed by atoms with E-state index in [1.54, 1.807) is 0 Å². The van der Waals surface area contributed by atoms with Gasteiger partial charge in [-0.05, 0) is 74.5 Å². The Bertz CT molecular complexity index is 699. The Kier molecular flexibility index (Phi) is 8.27. The molecule has 1 unspecified atom stereocenters. The number of nitrogens with two attached hydrogens (primary N) is 1. The minimum atomic E-state index is -0.925. The maximum absolute atomic E-state index is 12.6. The van der Waals surface area contributed by atoms with Gasteiger partial charge in [0.05, 0.1) is 23.4 Å². The van der Waals surface area contributed by atoms with E-state index in [2.05, 4.69) is 0 Å². The zero-order valence-electron chi connectivity index (χ0n) is 17.8.